The predicted molar refractivity (Wildman–Crippen MR) is 92.1 cm³/mol. The van der Waals surface area contributed by atoms with Crippen LogP contribution in [0.3, 0.4) is 0 Å². The second-order valence-corrected chi connectivity index (χ2v) is 7.19. The summed E-state index contributed by atoms with van der Waals surface area (Å²) in [6, 6.07) is 4.88. The number of anilines is 1. The van der Waals surface area contributed by atoms with Crippen LogP contribution in [0.5, 0.6) is 5.75 Å². The summed E-state index contributed by atoms with van der Waals surface area (Å²) >= 11 is 0. The molecule has 1 aromatic carbocycles. The molecule has 2 rings (SSSR count). The Kier molecular flexibility index (Phi) is 6.44. The van der Waals surface area contributed by atoms with Crippen LogP contribution in [0.25, 0.3) is 0 Å². The summed E-state index contributed by atoms with van der Waals surface area (Å²) in [5.41, 5.74) is -0.544. The molecule has 12 heteroatoms. The first kappa shape index (κ1) is 21.4. The quantitative estimate of drug-likeness (QED) is 0.636. The van der Waals surface area contributed by atoms with Gasteiger partial charge in [0, 0.05) is 24.5 Å². The molecular weight excluding hydrogens is 403 g/mol. The smallest absolute Gasteiger partial charge is 0.464 e. The van der Waals surface area contributed by atoms with Crippen molar-refractivity contribution in [3.05, 3.63) is 47.9 Å². The summed E-state index contributed by atoms with van der Waals surface area (Å²) in [6.07, 6.45) is -2.61. The summed E-state index contributed by atoms with van der Waals surface area (Å²) < 4.78 is 72.7. The molecule has 1 aromatic heterocycles. The fraction of sp³-hybridized carbons (Fsp3) is 0.312. The Balaban J connectivity index is 2.44. The standard InChI is InChI=1S/C16H16F3N3O5S/c1-3-22(14-13(15(23)26-2)20-8-9-21-14)28(24,25)10-11-6-4-5-7-12(11)27-16(17,18)19/h4-9H,3,10H2,1-2H3. The van der Waals surface area contributed by atoms with Crippen LogP contribution in [0.1, 0.15) is 23.0 Å². The third-order valence-electron chi connectivity index (χ3n) is 3.45. The zero-order valence-electron chi connectivity index (χ0n) is 14.8. The summed E-state index contributed by atoms with van der Waals surface area (Å²) in [4.78, 5) is 19.5. The Morgan fingerprint density at radius 2 is 1.82 bits per heavy atom. The van der Waals surface area contributed by atoms with Crippen LogP contribution in [0.4, 0.5) is 19.0 Å². The van der Waals surface area contributed by atoms with Gasteiger partial charge in [0.15, 0.2) is 11.5 Å². The number of para-hydroxylation sites is 1. The number of ether oxygens (including phenoxy) is 2. The van der Waals surface area contributed by atoms with Crippen molar-refractivity contribution in [2.75, 3.05) is 18.0 Å². The van der Waals surface area contributed by atoms with Crippen molar-refractivity contribution < 1.29 is 35.9 Å². The van der Waals surface area contributed by atoms with E-state index >= 15 is 0 Å². The minimum Gasteiger partial charge on any atom is -0.464 e. The van der Waals surface area contributed by atoms with Gasteiger partial charge in [-0.2, -0.15) is 0 Å². The molecule has 2 aromatic rings. The first-order valence-electron chi connectivity index (χ1n) is 7.82. The number of hydrogen-bond acceptors (Lipinski definition) is 7. The van der Waals surface area contributed by atoms with E-state index in [1.165, 1.54) is 37.5 Å². The lowest BCUT2D eigenvalue weighted by Gasteiger charge is -2.23. The number of sulfonamides is 1. The van der Waals surface area contributed by atoms with Crippen molar-refractivity contribution in [1.82, 2.24) is 9.97 Å². The molecular formula is C16H16F3N3O5S. The summed E-state index contributed by atoms with van der Waals surface area (Å²) in [7, 11) is -3.15. The Hall–Kier alpha value is -2.89. The van der Waals surface area contributed by atoms with Crippen LogP contribution in [-0.4, -0.2) is 44.4 Å². The maximum atomic E-state index is 12.9. The van der Waals surface area contributed by atoms with Gasteiger partial charge < -0.3 is 9.47 Å². The number of carbonyl (C=O) groups excluding carboxylic acids is 1. The van der Waals surface area contributed by atoms with Gasteiger partial charge in [0.05, 0.1) is 12.9 Å². The molecule has 8 nitrogen and oxygen atoms in total. The van der Waals surface area contributed by atoms with Crippen molar-refractivity contribution in [3.8, 4) is 5.75 Å². The van der Waals surface area contributed by atoms with E-state index in [0.29, 0.717) is 0 Å². The molecule has 0 saturated heterocycles. The van der Waals surface area contributed by atoms with Gasteiger partial charge in [0.2, 0.25) is 10.0 Å². The SMILES string of the molecule is CCN(c1nccnc1C(=O)OC)S(=O)(=O)Cc1ccccc1OC(F)(F)F. The molecule has 152 valence electrons. The molecule has 0 N–H and O–H groups in total. The van der Waals surface area contributed by atoms with Gasteiger partial charge in [-0.05, 0) is 13.0 Å². The van der Waals surface area contributed by atoms with Crippen LogP contribution in [0, 0.1) is 0 Å². The molecule has 0 aliphatic rings. The summed E-state index contributed by atoms with van der Waals surface area (Å²) in [6.45, 7) is 1.33. The lowest BCUT2D eigenvalue weighted by molar-refractivity contribution is -0.274. The highest BCUT2D eigenvalue weighted by molar-refractivity contribution is 7.92. The van der Waals surface area contributed by atoms with Crippen LogP contribution < -0.4 is 9.04 Å². The zero-order chi connectivity index (χ0) is 20.9. The molecule has 0 fully saturated rings. The van der Waals surface area contributed by atoms with E-state index < -0.39 is 33.9 Å². The molecule has 28 heavy (non-hydrogen) atoms. The van der Waals surface area contributed by atoms with E-state index in [0.717, 1.165) is 17.5 Å². The number of alkyl halides is 3. The first-order valence-corrected chi connectivity index (χ1v) is 9.43. The fourth-order valence-corrected chi connectivity index (χ4v) is 3.93. The Morgan fingerprint density at radius 1 is 1.18 bits per heavy atom. The molecule has 0 aliphatic heterocycles. The van der Waals surface area contributed by atoms with E-state index in [2.05, 4.69) is 19.4 Å². The van der Waals surface area contributed by atoms with Crippen molar-refractivity contribution in [2.24, 2.45) is 0 Å². The Labute approximate surface area is 159 Å². The number of hydrogen-bond donors (Lipinski definition) is 0. The highest BCUT2D eigenvalue weighted by Gasteiger charge is 2.34. The third kappa shape index (κ3) is 5.09. The second kappa shape index (κ2) is 8.42. The Bertz CT molecular complexity index is 951. The summed E-state index contributed by atoms with van der Waals surface area (Å²) in [5, 5.41) is 0. The number of esters is 1. The lowest BCUT2D eigenvalue weighted by atomic mass is 10.2. The zero-order valence-corrected chi connectivity index (χ0v) is 15.6. The number of carbonyl (C=O) groups is 1. The fourth-order valence-electron chi connectivity index (χ4n) is 2.35. The molecule has 0 aliphatic carbocycles. The van der Waals surface area contributed by atoms with Crippen molar-refractivity contribution in [3.63, 3.8) is 0 Å². The van der Waals surface area contributed by atoms with E-state index in [1.807, 2.05) is 0 Å². The minimum absolute atomic E-state index is 0.146. The number of halogens is 3. The normalized spacial score (nSPS) is 11.8. The van der Waals surface area contributed by atoms with Gasteiger partial charge >= 0.3 is 12.3 Å². The number of rotatable bonds is 7. The number of methoxy groups -OCH3 is 1. The molecule has 0 spiro atoms. The van der Waals surface area contributed by atoms with E-state index in [-0.39, 0.29) is 23.6 Å². The van der Waals surface area contributed by atoms with Crippen molar-refractivity contribution in [2.45, 2.75) is 19.0 Å². The number of aromatic nitrogens is 2. The maximum absolute atomic E-state index is 12.9. The van der Waals surface area contributed by atoms with Crippen LogP contribution >= 0.6 is 0 Å². The monoisotopic (exact) mass is 419 g/mol. The number of nitrogens with zero attached hydrogens (tertiary/aromatic N) is 3. The number of benzene rings is 1. The molecule has 0 unspecified atom stereocenters. The van der Waals surface area contributed by atoms with Gasteiger partial charge in [-0.25, -0.2) is 23.2 Å². The molecule has 0 amide bonds. The van der Waals surface area contributed by atoms with Crippen molar-refractivity contribution in [1.29, 1.82) is 0 Å². The van der Waals surface area contributed by atoms with Crippen LogP contribution in [0.15, 0.2) is 36.7 Å². The van der Waals surface area contributed by atoms with E-state index in [1.54, 1.807) is 0 Å². The second-order valence-electron chi connectivity index (χ2n) is 5.30. The van der Waals surface area contributed by atoms with E-state index in [4.69, 9.17) is 0 Å². The van der Waals surface area contributed by atoms with Gasteiger partial charge in [0.1, 0.15) is 5.75 Å². The van der Waals surface area contributed by atoms with Crippen LogP contribution in [-0.2, 0) is 20.5 Å². The lowest BCUT2D eigenvalue weighted by Crippen LogP contribution is -2.34. The van der Waals surface area contributed by atoms with Crippen LogP contribution in [0.2, 0.25) is 0 Å². The van der Waals surface area contributed by atoms with Gasteiger partial charge in [-0.1, -0.05) is 18.2 Å². The van der Waals surface area contributed by atoms with Gasteiger partial charge in [-0.15, -0.1) is 13.2 Å². The summed E-state index contributed by atoms with van der Waals surface area (Å²) in [5.74, 6) is -2.64. The van der Waals surface area contributed by atoms with Crippen molar-refractivity contribution >= 4 is 21.8 Å². The average Bonchev–Trinajstić information content (AvgIpc) is 2.62. The van der Waals surface area contributed by atoms with Gasteiger partial charge in [-0.3, -0.25) is 4.31 Å². The maximum Gasteiger partial charge on any atom is 0.573 e. The van der Waals surface area contributed by atoms with E-state index in [9.17, 15) is 26.4 Å². The largest absolute Gasteiger partial charge is 0.573 e. The third-order valence-corrected chi connectivity index (χ3v) is 5.23. The minimum atomic E-state index is -4.98. The van der Waals surface area contributed by atoms with Gasteiger partial charge in [0.25, 0.3) is 0 Å². The first-order chi connectivity index (χ1) is 13.1. The highest BCUT2D eigenvalue weighted by Crippen LogP contribution is 2.29. The molecule has 0 radical (unpaired) electrons. The average molecular weight is 419 g/mol. The molecule has 0 saturated carbocycles. The highest BCUT2D eigenvalue weighted by atomic mass is 32.2. The topological polar surface area (TPSA) is 98.7 Å². The molecule has 0 atom stereocenters. The Morgan fingerprint density at radius 3 is 2.43 bits per heavy atom. The molecule has 1 heterocycles. The predicted octanol–water partition coefficient (Wildman–Crippen LogP) is 2.52. The molecule has 0 bridgehead atoms.